The molecule has 5 rings (SSSR count). The predicted octanol–water partition coefficient (Wildman–Crippen LogP) is 4.71. The number of Topliss-reactive ketones (excluding diaryl/α,β-unsaturated/α-hetero) is 5. The second-order valence-corrected chi connectivity index (χ2v) is 13.1. The maximum absolute atomic E-state index is 14.4. The van der Waals surface area contributed by atoms with E-state index in [-0.39, 0.29) is 24.2 Å². The summed E-state index contributed by atoms with van der Waals surface area (Å²) in [7, 11) is 0. The Labute approximate surface area is 239 Å². The van der Waals surface area contributed by atoms with Gasteiger partial charge in [0.25, 0.3) is 0 Å². The van der Waals surface area contributed by atoms with Gasteiger partial charge >= 0.3 is 0 Å². The average Bonchev–Trinajstić information content (AvgIpc) is 2.86. The maximum Gasteiger partial charge on any atom is 0.190 e. The summed E-state index contributed by atoms with van der Waals surface area (Å²) in [6, 6.07) is 8.99. The lowest BCUT2D eigenvalue weighted by molar-refractivity contribution is -0.205. The largest absolute Gasteiger partial charge is 0.507 e. The minimum absolute atomic E-state index is 0.00545. The van der Waals surface area contributed by atoms with Crippen LogP contribution >= 0.6 is 0 Å². The van der Waals surface area contributed by atoms with Crippen LogP contribution in [0.3, 0.4) is 0 Å². The number of hydrogen-bond acceptors (Lipinski definition) is 7. The van der Waals surface area contributed by atoms with E-state index in [1.54, 1.807) is 39.8 Å². The first-order valence-corrected chi connectivity index (χ1v) is 14.0. The van der Waals surface area contributed by atoms with Gasteiger partial charge in [0.15, 0.2) is 28.7 Å². The Morgan fingerprint density at radius 3 is 2.32 bits per heavy atom. The Morgan fingerprint density at radius 1 is 1.07 bits per heavy atom. The molecular weight excluding hydrogens is 520 g/mol. The van der Waals surface area contributed by atoms with Gasteiger partial charge in [-0.1, -0.05) is 58.5 Å². The molecule has 6 atom stereocenters. The van der Waals surface area contributed by atoms with Crippen molar-refractivity contribution in [1.82, 2.24) is 0 Å². The van der Waals surface area contributed by atoms with Gasteiger partial charge in [-0.2, -0.15) is 0 Å². The van der Waals surface area contributed by atoms with E-state index in [9.17, 15) is 34.2 Å². The van der Waals surface area contributed by atoms with Crippen LogP contribution < -0.4 is 0 Å². The van der Waals surface area contributed by atoms with Crippen LogP contribution in [0.4, 0.5) is 0 Å². The van der Waals surface area contributed by atoms with Crippen molar-refractivity contribution in [3.05, 3.63) is 59.2 Å². The molecule has 0 spiro atoms. The van der Waals surface area contributed by atoms with E-state index < -0.39 is 69.0 Å². The van der Waals surface area contributed by atoms with Crippen LogP contribution in [-0.2, 0) is 25.6 Å². The zero-order chi connectivity index (χ0) is 30.4. The summed E-state index contributed by atoms with van der Waals surface area (Å²) in [5, 5.41) is 23.0. The minimum Gasteiger partial charge on any atom is -0.507 e. The van der Waals surface area contributed by atoms with Crippen molar-refractivity contribution in [3.63, 3.8) is 0 Å². The van der Waals surface area contributed by atoms with E-state index in [0.29, 0.717) is 5.56 Å². The molecule has 2 N–H and O–H groups in total. The maximum atomic E-state index is 14.4. The Kier molecular flexibility index (Phi) is 6.43. The van der Waals surface area contributed by atoms with Crippen molar-refractivity contribution in [3.8, 4) is 16.9 Å². The van der Waals surface area contributed by atoms with Gasteiger partial charge in [0.1, 0.15) is 17.5 Å². The van der Waals surface area contributed by atoms with Crippen molar-refractivity contribution < 1.29 is 34.2 Å². The summed E-state index contributed by atoms with van der Waals surface area (Å²) in [5.74, 6) is -8.97. The fourth-order valence-electron chi connectivity index (χ4n) is 8.44. The second-order valence-electron chi connectivity index (χ2n) is 13.1. The Bertz CT molecular complexity index is 1580. The van der Waals surface area contributed by atoms with Crippen molar-refractivity contribution in [2.75, 3.05) is 0 Å². The van der Waals surface area contributed by atoms with E-state index in [0.717, 1.165) is 29.2 Å². The number of rotatable bonds is 4. The molecule has 0 heterocycles. The van der Waals surface area contributed by atoms with E-state index in [1.165, 1.54) is 6.07 Å². The third-order valence-electron chi connectivity index (χ3n) is 10.1. The van der Waals surface area contributed by atoms with Gasteiger partial charge in [0.05, 0.1) is 11.5 Å². The molecule has 0 bridgehead atoms. The lowest BCUT2D eigenvalue weighted by Crippen LogP contribution is -2.76. The molecule has 2 fully saturated rings. The SMILES string of the molecule is C=Cc1cc(-c2ccc(O)c3c2C[C@]2(C)C[C@]4(C)C(C(C)C)C(=O)C(C(C)=O)C(=O)[C@]4(O)C(=O)C2C3=O)ccc1C. The number of aliphatic hydroxyl groups is 1. The van der Waals surface area contributed by atoms with E-state index in [4.69, 9.17) is 0 Å². The molecule has 41 heavy (non-hydrogen) atoms. The molecule has 0 amide bonds. The van der Waals surface area contributed by atoms with Crippen LogP contribution in [0.25, 0.3) is 17.2 Å². The molecule has 0 aliphatic heterocycles. The highest BCUT2D eigenvalue weighted by Gasteiger charge is 2.76. The highest BCUT2D eigenvalue weighted by molar-refractivity contribution is 6.32. The molecule has 0 radical (unpaired) electrons. The zero-order valence-corrected chi connectivity index (χ0v) is 24.3. The Balaban J connectivity index is 1.75. The first kappa shape index (κ1) is 28.8. The van der Waals surface area contributed by atoms with Crippen LogP contribution in [0.15, 0.2) is 36.9 Å². The summed E-state index contributed by atoms with van der Waals surface area (Å²) in [5.41, 5.74) is -1.27. The normalized spacial score (nSPS) is 32.8. The average molecular weight is 557 g/mol. The van der Waals surface area contributed by atoms with Crippen molar-refractivity contribution in [2.24, 2.45) is 34.5 Å². The number of carbonyl (C=O) groups is 5. The summed E-state index contributed by atoms with van der Waals surface area (Å²) in [4.78, 5) is 68.5. The molecule has 3 aliphatic rings. The number of phenols is 1. The van der Waals surface area contributed by atoms with Gasteiger partial charge in [-0.3, -0.25) is 24.0 Å². The van der Waals surface area contributed by atoms with Crippen LogP contribution in [0, 0.1) is 41.4 Å². The fourth-order valence-corrected chi connectivity index (χ4v) is 8.44. The number of benzene rings is 2. The minimum atomic E-state index is -2.70. The van der Waals surface area contributed by atoms with Gasteiger partial charge in [0, 0.05) is 11.3 Å². The number of phenolic OH excluding ortho intramolecular Hbond substituents is 1. The first-order valence-electron chi connectivity index (χ1n) is 14.0. The van der Waals surface area contributed by atoms with Crippen LogP contribution in [0.1, 0.15) is 68.1 Å². The summed E-state index contributed by atoms with van der Waals surface area (Å²) in [6.07, 6.45) is 1.96. The molecule has 0 aromatic heterocycles. The van der Waals surface area contributed by atoms with Gasteiger partial charge in [0.2, 0.25) is 0 Å². The van der Waals surface area contributed by atoms with E-state index >= 15 is 0 Å². The molecule has 0 saturated heterocycles. The molecule has 7 heteroatoms. The van der Waals surface area contributed by atoms with Gasteiger partial charge < -0.3 is 10.2 Å². The molecule has 3 aliphatic carbocycles. The van der Waals surface area contributed by atoms with Crippen LogP contribution in [-0.4, -0.2) is 44.7 Å². The van der Waals surface area contributed by atoms with Crippen molar-refractivity contribution in [1.29, 1.82) is 0 Å². The smallest absolute Gasteiger partial charge is 0.190 e. The Hall–Kier alpha value is -3.71. The lowest BCUT2D eigenvalue weighted by Gasteiger charge is -2.61. The quantitative estimate of drug-likeness (QED) is 0.523. The zero-order valence-electron chi connectivity index (χ0n) is 24.3. The number of aromatic hydroxyl groups is 1. The fraction of sp³-hybridized carbons (Fsp3) is 0.441. The first-order chi connectivity index (χ1) is 19.0. The molecule has 3 unspecified atom stereocenters. The number of carbonyl (C=O) groups excluding carboxylic acids is 5. The molecule has 2 aromatic carbocycles. The predicted molar refractivity (Wildman–Crippen MR) is 153 cm³/mol. The lowest BCUT2D eigenvalue weighted by atomic mass is 9.40. The van der Waals surface area contributed by atoms with Crippen LogP contribution in [0.5, 0.6) is 5.75 Å². The summed E-state index contributed by atoms with van der Waals surface area (Å²) >= 11 is 0. The van der Waals surface area contributed by atoms with Gasteiger partial charge in [-0.15, -0.1) is 0 Å². The Morgan fingerprint density at radius 2 is 1.73 bits per heavy atom. The van der Waals surface area contributed by atoms with E-state index in [2.05, 4.69) is 6.58 Å². The second kappa shape index (κ2) is 9.15. The van der Waals surface area contributed by atoms with E-state index in [1.807, 2.05) is 25.1 Å². The molecule has 214 valence electrons. The number of hydrogen-bond donors (Lipinski definition) is 2. The molecule has 2 saturated carbocycles. The number of fused-ring (bicyclic) bond motifs is 3. The standard InChI is InChI=1S/C34H36O7/c1-8-19-13-20(10-9-17(19)4)21-11-12-23(36)25-22(21)14-32(6)15-33(7)26(16(2)3)28(37)24(18(5)35)30(39)34(33,41)31(40)27(32)29(25)38/h8-13,16,24,26-27,36,41H,1,14-15H2,2-7H3/t24?,26?,27?,32-,33-,34+/m1/s1. The summed E-state index contributed by atoms with van der Waals surface area (Å²) in [6.45, 7) is 13.8. The third-order valence-corrected chi connectivity index (χ3v) is 10.1. The topological polar surface area (TPSA) is 126 Å². The third kappa shape index (κ3) is 3.64. The van der Waals surface area contributed by atoms with Gasteiger partial charge in [-0.05, 0) is 78.0 Å². The highest BCUT2D eigenvalue weighted by Crippen LogP contribution is 2.64. The van der Waals surface area contributed by atoms with Crippen molar-refractivity contribution in [2.45, 2.75) is 60.0 Å². The molecule has 7 nitrogen and oxygen atoms in total. The molecular formula is C34H36O7. The highest BCUT2D eigenvalue weighted by atomic mass is 16.3. The van der Waals surface area contributed by atoms with Crippen molar-refractivity contribution >= 4 is 35.0 Å². The number of ketones is 5. The monoisotopic (exact) mass is 556 g/mol. The van der Waals surface area contributed by atoms with Gasteiger partial charge in [-0.25, -0.2) is 0 Å². The number of aryl methyl sites for hydroxylation is 1. The van der Waals surface area contributed by atoms with Crippen LogP contribution in [0.2, 0.25) is 0 Å². The molecule has 2 aromatic rings. The summed E-state index contributed by atoms with van der Waals surface area (Å²) < 4.78 is 0.